The lowest BCUT2D eigenvalue weighted by molar-refractivity contribution is -0.126. The van der Waals surface area contributed by atoms with Crippen molar-refractivity contribution in [2.75, 3.05) is 24.2 Å². The van der Waals surface area contributed by atoms with E-state index in [0.29, 0.717) is 17.0 Å². The topological polar surface area (TPSA) is 85.4 Å². The Morgan fingerprint density at radius 1 is 0.886 bits per heavy atom. The van der Waals surface area contributed by atoms with Gasteiger partial charge in [0.15, 0.2) is 6.10 Å². The van der Waals surface area contributed by atoms with Gasteiger partial charge in [-0.15, -0.1) is 0 Å². The average molecular weight is 472 g/mol. The number of imide groups is 1. The lowest BCUT2D eigenvalue weighted by atomic mass is 9.90. The Morgan fingerprint density at radius 2 is 1.57 bits per heavy atom. The van der Waals surface area contributed by atoms with Crippen LogP contribution in [-0.4, -0.2) is 38.1 Å². The molecule has 8 heteroatoms. The minimum Gasteiger partial charge on any atom is -0.497 e. The summed E-state index contributed by atoms with van der Waals surface area (Å²) >= 11 is 0. The highest BCUT2D eigenvalue weighted by molar-refractivity contribution is 6.24. The van der Waals surface area contributed by atoms with Crippen LogP contribution in [0.25, 0.3) is 0 Å². The van der Waals surface area contributed by atoms with Crippen LogP contribution >= 0.6 is 0 Å². The molecular weight excluding hydrogens is 448 g/mol. The summed E-state index contributed by atoms with van der Waals surface area (Å²) in [5, 5.41) is 1.65. The number of hydroxylamine groups is 1. The zero-order valence-corrected chi connectivity index (χ0v) is 19.5. The van der Waals surface area contributed by atoms with E-state index in [9.17, 15) is 14.4 Å². The molecule has 0 bridgehead atoms. The van der Waals surface area contributed by atoms with Crippen molar-refractivity contribution in [2.24, 2.45) is 5.92 Å². The van der Waals surface area contributed by atoms with Crippen LogP contribution in [0.5, 0.6) is 5.75 Å². The van der Waals surface area contributed by atoms with Crippen LogP contribution in [0, 0.1) is 12.8 Å². The molecule has 3 aromatic rings. The first-order valence-electron chi connectivity index (χ1n) is 11.2. The number of hydrogen-bond acceptors (Lipinski definition) is 7. The highest BCUT2D eigenvalue weighted by Gasteiger charge is 2.60. The Bertz CT molecular complexity index is 1290. The van der Waals surface area contributed by atoms with Crippen molar-refractivity contribution in [1.29, 1.82) is 0 Å². The number of nitrogens with zero attached hydrogens (tertiary/aromatic N) is 2. The second-order valence-electron chi connectivity index (χ2n) is 8.43. The first-order valence-corrected chi connectivity index (χ1v) is 11.2. The second-order valence-corrected chi connectivity index (χ2v) is 8.43. The van der Waals surface area contributed by atoms with Gasteiger partial charge in [-0.3, -0.25) is 14.4 Å². The number of anilines is 2. The van der Waals surface area contributed by atoms with Gasteiger partial charge in [0.05, 0.1) is 37.2 Å². The lowest BCUT2D eigenvalue weighted by Gasteiger charge is -2.29. The molecule has 0 saturated carbocycles. The normalized spacial score (nSPS) is 21.3. The van der Waals surface area contributed by atoms with Crippen LogP contribution in [-0.2, 0) is 19.2 Å². The number of carbonyl (C=O) groups is 3. The summed E-state index contributed by atoms with van der Waals surface area (Å²) < 4.78 is 9.99. The zero-order valence-electron chi connectivity index (χ0n) is 19.5. The van der Waals surface area contributed by atoms with Gasteiger partial charge in [-0.1, -0.05) is 30.3 Å². The van der Waals surface area contributed by atoms with E-state index < -0.39 is 29.9 Å². The van der Waals surface area contributed by atoms with Gasteiger partial charge in [0.1, 0.15) is 11.7 Å². The van der Waals surface area contributed by atoms with Gasteiger partial charge in [-0.05, 0) is 60.5 Å². The second kappa shape index (κ2) is 8.88. The molecule has 2 saturated heterocycles. The Kier molecular flexibility index (Phi) is 5.74. The summed E-state index contributed by atoms with van der Waals surface area (Å²) in [7, 11) is 2.87. The maximum absolute atomic E-state index is 13.7. The fourth-order valence-electron chi connectivity index (χ4n) is 4.69. The first kappa shape index (κ1) is 22.6. The summed E-state index contributed by atoms with van der Waals surface area (Å²) in [5.74, 6) is -1.36. The summed E-state index contributed by atoms with van der Waals surface area (Å²) in [4.78, 5) is 46.5. The molecule has 35 heavy (non-hydrogen) atoms. The van der Waals surface area contributed by atoms with E-state index in [4.69, 9.17) is 14.3 Å². The number of esters is 1. The predicted molar refractivity (Wildman–Crippen MR) is 128 cm³/mol. The molecule has 2 aliphatic heterocycles. The quantitative estimate of drug-likeness (QED) is 0.412. The fraction of sp³-hybridized carbons (Fsp3) is 0.222. The van der Waals surface area contributed by atoms with Gasteiger partial charge in [-0.25, -0.2) is 14.8 Å². The zero-order chi connectivity index (χ0) is 24.7. The number of ether oxygens (including phenoxy) is 2. The van der Waals surface area contributed by atoms with Gasteiger partial charge in [0.25, 0.3) is 5.91 Å². The highest BCUT2D eigenvalue weighted by Crippen LogP contribution is 2.48. The molecule has 2 fully saturated rings. The molecule has 2 amide bonds. The summed E-state index contributed by atoms with van der Waals surface area (Å²) in [6, 6.07) is 20.6. The van der Waals surface area contributed by atoms with Crippen LogP contribution in [0.4, 0.5) is 11.4 Å². The van der Waals surface area contributed by atoms with E-state index in [0.717, 1.165) is 16.8 Å². The Hall–Kier alpha value is -4.17. The number of methoxy groups -OCH3 is 2. The third-order valence-corrected chi connectivity index (χ3v) is 6.47. The molecule has 3 atom stereocenters. The van der Waals surface area contributed by atoms with Gasteiger partial charge in [-0.2, -0.15) is 0 Å². The molecule has 0 N–H and O–H groups in total. The third-order valence-electron chi connectivity index (χ3n) is 6.47. The molecule has 178 valence electrons. The third kappa shape index (κ3) is 3.72. The van der Waals surface area contributed by atoms with Gasteiger partial charge < -0.3 is 9.47 Å². The number of aryl methyl sites for hydroxylation is 1. The Labute approximate surface area is 202 Å². The van der Waals surface area contributed by atoms with Crippen molar-refractivity contribution in [1.82, 2.24) is 0 Å². The van der Waals surface area contributed by atoms with Crippen LogP contribution in [0.1, 0.15) is 27.5 Å². The van der Waals surface area contributed by atoms with E-state index in [1.165, 1.54) is 12.0 Å². The van der Waals surface area contributed by atoms with Crippen molar-refractivity contribution in [2.45, 2.75) is 19.1 Å². The van der Waals surface area contributed by atoms with E-state index in [-0.39, 0.29) is 5.91 Å². The molecule has 0 aromatic heterocycles. The minimum absolute atomic E-state index is 0.344. The Balaban J connectivity index is 1.56. The largest absolute Gasteiger partial charge is 0.497 e. The number of hydrogen-bond donors (Lipinski definition) is 0. The van der Waals surface area contributed by atoms with Crippen molar-refractivity contribution in [3.63, 3.8) is 0 Å². The predicted octanol–water partition coefficient (Wildman–Crippen LogP) is 3.84. The number of rotatable bonds is 5. The number of carbonyl (C=O) groups excluding carboxylic acids is 3. The number of amides is 2. The molecule has 3 aromatic carbocycles. The van der Waals surface area contributed by atoms with Crippen LogP contribution in [0.3, 0.4) is 0 Å². The van der Waals surface area contributed by atoms with Crippen molar-refractivity contribution >= 4 is 29.2 Å². The standard InChI is InChI=1S/C27H24N2O6/c1-16-6-4-5-7-21(16)29-23(17-8-10-18(11-9-17)27(32)34-3)22-24(35-29)26(31)28(25(22)30)19-12-14-20(33-2)15-13-19/h4-15,22-24H,1-3H3/t22-,23-,24-/m1/s1. The minimum atomic E-state index is -0.977. The summed E-state index contributed by atoms with van der Waals surface area (Å²) in [6.07, 6.45) is -0.977. The number of fused-ring (bicyclic) bond motifs is 1. The lowest BCUT2D eigenvalue weighted by Crippen LogP contribution is -2.37. The Morgan fingerprint density at radius 3 is 2.20 bits per heavy atom. The molecular formula is C27H24N2O6. The van der Waals surface area contributed by atoms with E-state index in [1.807, 2.05) is 31.2 Å². The van der Waals surface area contributed by atoms with Crippen molar-refractivity contribution < 1.29 is 28.7 Å². The number of para-hydroxylation sites is 1. The van der Waals surface area contributed by atoms with Crippen LogP contribution in [0.15, 0.2) is 72.8 Å². The first-order chi connectivity index (χ1) is 16.9. The molecule has 0 unspecified atom stereocenters. The molecule has 0 aliphatic carbocycles. The molecule has 2 heterocycles. The van der Waals surface area contributed by atoms with Crippen LogP contribution < -0.4 is 14.7 Å². The van der Waals surface area contributed by atoms with Crippen LogP contribution in [0.2, 0.25) is 0 Å². The molecule has 0 radical (unpaired) electrons. The monoisotopic (exact) mass is 472 g/mol. The van der Waals surface area contributed by atoms with E-state index in [2.05, 4.69) is 0 Å². The van der Waals surface area contributed by atoms with E-state index >= 15 is 0 Å². The molecule has 0 spiro atoms. The maximum atomic E-state index is 13.7. The SMILES string of the molecule is COC(=O)c1ccc([C@@H]2[C@H]3C(=O)N(c4ccc(OC)cc4)C(=O)[C@@H]3ON2c2ccccc2C)cc1. The maximum Gasteiger partial charge on any atom is 0.337 e. The summed E-state index contributed by atoms with van der Waals surface area (Å²) in [6.45, 7) is 1.94. The summed E-state index contributed by atoms with van der Waals surface area (Å²) in [5.41, 5.74) is 3.30. The van der Waals surface area contributed by atoms with E-state index in [1.54, 1.807) is 60.7 Å². The number of benzene rings is 3. The van der Waals surface area contributed by atoms with Gasteiger partial charge in [0, 0.05) is 0 Å². The van der Waals surface area contributed by atoms with Gasteiger partial charge in [0.2, 0.25) is 5.91 Å². The fourth-order valence-corrected chi connectivity index (χ4v) is 4.69. The average Bonchev–Trinajstić information content (AvgIpc) is 3.39. The van der Waals surface area contributed by atoms with Crippen molar-refractivity contribution in [3.05, 3.63) is 89.5 Å². The molecule has 5 rings (SSSR count). The van der Waals surface area contributed by atoms with Crippen molar-refractivity contribution in [3.8, 4) is 5.75 Å². The van der Waals surface area contributed by atoms with Gasteiger partial charge >= 0.3 is 5.97 Å². The smallest absolute Gasteiger partial charge is 0.337 e. The molecule has 2 aliphatic rings. The highest BCUT2D eigenvalue weighted by atomic mass is 16.7. The molecule has 8 nitrogen and oxygen atoms in total.